The van der Waals surface area contributed by atoms with Crippen molar-refractivity contribution in [1.29, 1.82) is 0 Å². The van der Waals surface area contributed by atoms with Crippen LogP contribution in [0.15, 0.2) is 0 Å². The quantitative estimate of drug-likeness (QED) is 0.772. The van der Waals surface area contributed by atoms with E-state index in [1.54, 1.807) is 4.68 Å². The fraction of sp³-hybridized carbons (Fsp3) is 0.667. The molecule has 0 aromatic carbocycles. The highest BCUT2D eigenvalue weighted by Gasteiger charge is 2.15. The number of rotatable bonds is 4. The van der Waals surface area contributed by atoms with Crippen LogP contribution in [0.3, 0.4) is 0 Å². The van der Waals surface area contributed by atoms with Gasteiger partial charge >= 0.3 is 0 Å². The Balaban J connectivity index is 2.84. The van der Waals surface area contributed by atoms with E-state index in [-0.39, 0.29) is 12.5 Å². The normalized spacial score (nSPS) is 13.2. The molecule has 4 nitrogen and oxygen atoms in total. The highest BCUT2D eigenvalue weighted by atomic mass is 35.5. The van der Waals surface area contributed by atoms with E-state index >= 15 is 0 Å². The van der Waals surface area contributed by atoms with Gasteiger partial charge < -0.3 is 10.8 Å². The maximum atomic E-state index is 9.02. The zero-order valence-corrected chi connectivity index (χ0v) is 9.25. The third-order valence-corrected chi connectivity index (χ3v) is 2.83. The van der Waals surface area contributed by atoms with Crippen LogP contribution >= 0.6 is 11.6 Å². The molecule has 0 radical (unpaired) electrons. The number of aryl methyl sites for hydroxylation is 2. The first-order valence-corrected chi connectivity index (χ1v) is 4.96. The molecule has 14 heavy (non-hydrogen) atoms. The first kappa shape index (κ1) is 11.5. The highest BCUT2D eigenvalue weighted by Crippen LogP contribution is 2.21. The highest BCUT2D eigenvalue weighted by molar-refractivity contribution is 6.31. The molecule has 5 heteroatoms. The summed E-state index contributed by atoms with van der Waals surface area (Å²) in [5, 5.41) is 13.9. The minimum Gasteiger partial charge on any atom is -0.396 e. The summed E-state index contributed by atoms with van der Waals surface area (Å²) in [5.41, 5.74) is 7.26. The van der Waals surface area contributed by atoms with E-state index < -0.39 is 0 Å². The molecule has 0 bridgehead atoms. The Labute approximate surface area is 88.7 Å². The summed E-state index contributed by atoms with van der Waals surface area (Å²) in [7, 11) is 1.85. The minimum absolute atomic E-state index is 0.0577. The van der Waals surface area contributed by atoms with E-state index in [0.29, 0.717) is 18.0 Å². The third kappa shape index (κ3) is 2.26. The smallest absolute Gasteiger partial charge is 0.0847 e. The van der Waals surface area contributed by atoms with Crippen molar-refractivity contribution in [2.45, 2.75) is 13.3 Å². The summed E-state index contributed by atoms with van der Waals surface area (Å²) in [6.45, 7) is 2.40. The zero-order chi connectivity index (χ0) is 10.7. The molecule has 0 aliphatic carbocycles. The third-order valence-electron chi connectivity index (χ3n) is 2.34. The summed E-state index contributed by atoms with van der Waals surface area (Å²) in [5.74, 6) is 0.0577. The van der Waals surface area contributed by atoms with Gasteiger partial charge in [0, 0.05) is 13.7 Å². The van der Waals surface area contributed by atoms with E-state index in [0.717, 1.165) is 11.4 Å². The second-order valence-electron chi connectivity index (χ2n) is 3.46. The second kappa shape index (κ2) is 4.77. The molecule has 0 saturated heterocycles. The van der Waals surface area contributed by atoms with Crippen molar-refractivity contribution in [3.05, 3.63) is 16.4 Å². The number of aliphatic hydroxyl groups excluding tert-OH is 1. The summed E-state index contributed by atoms with van der Waals surface area (Å²) in [6, 6.07) is 0. The average Bonchev–Trinajstić information content (AvgIpc) is 2.40. The van der Waals surface area contributed by atoms with Gasteiger partial charge in [0.15, 0.2) is 0 Å². The maximum Gasteiger partial charge on any atom is 0.0847 e. The van der Waals surface area contributed by atoms with Gasteiger partial charge in [-0.1, -0.05) is 11.6 Å². The van der Waals surface area contributed by atoms with Gasteiger partial charge in [0.2, 0.25) is 0 Å². The van der Waals surface area contributed by atoms with Crippen LogP contribution in [0.5, 0.6) is 0 Å². The number of aromatic nitrogens is 2. The number of halogens is 1. The second-order valence-corrected chi connectivity index (χ2v) is 3.84. The Kier molecular flexibility index (Phi) is 3.92. The van der Waals surface area contributed by atoms with E-state index in [1.165, 1.54) is 0 Å². The molecular weight excluding hydrogens is 202 g/mol. The first-order chi connectivity index (χ1) is 6.60. The van der Waals surface area contributed by atoms with Crippen molar-refractivity contribution < 1.29 is 5.11 Å². The van der Waals surface area contributed by atoms with Crippen LogP contribution in [0.2, 0.25) is 5.02 Å². The Morgan fingerprint density at radius 2 is 2.29 bits per heavy atom. The van der Waals surface area contributed by atoms with E-state index in [4.69, 9.17) is 22.4 Å². The van der Waals surface area contributed by atoms with Gasteiger partial charge in [-0.3, -0.25) is 4.68 Å². The van der Waals surface area contributed by atoms with E-state index in [9.17, 15) is 0 Å². The van der Waals surface area contributed by atoms with E-state index in [1.807, 2.05) is 14.0 Å². The molecule has 3 N–H and O–H groups in total. The van der Waals surface area contributed by atoms with Crippen LogP contribution in [-0.4, -0.2) is 28.0 Å². The van der Waals surface area contributed by atoms with Crippen molar-refractivity contribution in [3.63, 3.8) is 0 Å². The Morgan fingerprint density at radius 3 is 2.64 bits per heavy atom. The predicted molar refractivity (Wildman–Crippen MR) is 56.3 cm³/mol. The summed E-state index contributed by atoms with van der Waals surface area (Å²) in [4.78, 5) is 0. The zero-order valence-electron chi connectivity index (χ0n) is 8.50. The van der Waals surface area contributed by atoms with Crippen molar-refractivity contribution in [3.8, 4) is 0 Å². The molecule has 0 aliphatic rings. The van der Waals surface area contributed by atoms with Gasteiger partial charge in [0.25, 0.3) is 0 Å². The fourth-order valence-electron chi connectivity index (χ4n) is 1.40. The molecule has 1 unspecified atom stereocenters. The SMILES string of the molecule is Cc1nn(C)c(CC(CN)CO)c1Cl. The molecule has 1 atom stereocenters. The lowest BCUT2D eigenvalue weighted by atomic mass is 10.0. The number of hydrogen-bond acceptors (Lipinski definition) is 3. The summed E-state index contributed by atoms with van der Waals surface area (Å²) in [6.07, 6.45) is 0.670. The fourth-order valence-corrected chi connectivity index (χ4v) is 1.63. The van der Waals surface area contributed by atoms with Crippen LogP contribution in [0.1, 0.15) is 11.4 Å². The molecule has 1 aromatic rings. The number of nitrogens with zero attached hydrogens (tertiary/aromatic N) is 2. The van der Waals surface area contributed by atoms with Crippen molar-refractivity contribution in [2.24, 2.45) is 18.7 Å². The monoisotopic (exact) mass is 217 g/mol. The van der Waals surface area contributed by atoms with Crippen molar-refractivity contribution >= 4 is 11.6 Å². The topological polar surface area (TPSA) is 64.1 Å². The molecule has 0 spiro atoms. The number of aliphatic hydroxyl groups is 1. The lowest BCUT2D eigenvalue weighted by Gasteiger charge is -2.11. The largest absolute Gasteiger partial charge is 0.396 e. The number of nitrogens with two attached hydrogens (primary N) is 1. The van der Waals surface area contributed by atoms with Gasteiger partial charge in [-0.05, 0) is 25.8 Å². The number of hydrogen-bond donors (Lipinski definition) is 2. The summed E-state index contributed by atoms with van der Waals surface area (Å²) < 4.78 is 1.75. The van der Waals surface area contributed by atoms with Crippen LogP contribution in [-0.2, 0) is 13.5 Å². The molecule has 80 valence electrons. The van der Waals surface area contributed by atoms with Crippen molar-refractivity contribution in [1.82, 2.24) is 9.78 Å². The standard InChI is InChI=1S/C9H16ClN3O/c1-6-9(10)8(13(2)12-6)3-7(4-11)5-14/h7,14H,3-5,11H2,1-2H3. The van der Waals surface area contributed by atoms with Gasteiger partial charge in [-0.25, -0.2) is 0 Å². The molecule has 0 saturated carbocycles. The molecule has 0 aliphatic heterocycles. The van der Waals surface area contributed by atoms with Gasteiger partial charge in [0.1, 0.15) is 0 Å². The molecule has 1 heterocycles. The maximum absolute atomic E-state index is 9.02. The Hall–Kier alpha value is -0.580. The minimum atomic E-state index is 0.0577. The Morgan fingerprint density at radius 1 is 1.64 bits per heavy atom. The molecule has 0 amide bonds. The van der Waals surface area contributed by atoms with Gasteiger partial charge in [-0.2, -0.15) is 5.10 Å². The molecule has 1 aromatic heterocycles. The molecule has 1 rings (SSSR count). The van der Waals surface area contributed by atoms with Crippen LogP contribution in [0.25, 0.3) is 0 Å². The van der Waals surface area contributed by atoms with Crippen LogP contribution in [0, 0.1) is 12.8 Å². The first-order valence-electron chi connectivity index (χ1n) is 4.59. The Bertz CT molecular complexity index is 307. The average molecular weight is 218 g/mol. The van der Waals surface area contributed by atoms with E-state index in [2.05, 4.69) is 5.10 Å². The van der Waals surface area contributed by atoms with Crippen molar-refractivity contribution in [2.75, 3.05) is 13.2 Å². The molecule has 0 fully saturated rings. The molecular formula is C9H16ClN3O. The van der Waals surface area contributed by atoms with Crippen LogP contribution in [0.4, 0.5) is 0 Å². The lowest BCUT2D eigenvalue weighted by molar-refractivity contribution is 0.228. The van der Waals surface area contributed by atoms with Gasteiger partial charge in [-0.15, -0.1) is 0 Å². The van der Waals surface area contributed by atoms with Gasteiger partial charge in [0.05, 0.1) is 16.4 Å². The lowest BCUT2D eigenvalue weighted by Crippen LogP contribution is -2.21. The predicted octanol–water partition coefficient (Wildman–Crippen LogP) is 0.492. The van der Waals surface area contributed by atoms with Crippen LogP contribution < -0.4 is 5.73 Å². The summed E-state index contributed by atoms with van der Waals surface area (Å²) >= 11 is 6.07.